The third kappa shape index (κ3) is 1.70. The minimum atomic E-state index is 0.278. The topological polar surface area (TPSA) is 41.3 Å². The van der Waals surface area contributed by atoms with Gasteiger partial charge in [-0.2, -0.15) is 0 Å². The second-order valence-corrected chi connectivity index (χ2v) is 4.47. The van der Waals surface area contributed by atoms with Crippen LogP contribution in [0.3, 0.4) is 0 Å². The lowest BCUT2D eigenvalue weighted by atomic mass is 10.1. The Morgan fingerprint density at radius 1 is 1.35 bits per heavy atom. The Bertz CT molecular complexity index is 535. The second-order valence-electron chi connectivity index (χ2n) is 4.47. The van der Waals surface area contributed by atoms with Crippen LogP contribution in [0.4, 0.5) is 0 Å². The lowest BCUT2D eigenvalue weighted by molar-refractivity contribution is 0.0664. The number of nitrogens with zero attached hydrogens (tertiary/aromatic N) is 3. The Morgan fingerprint density at radius 3 is 2.82 bits per heavy atom. The number of likely N-dealkylation sites (tertiary alicyclic amines) is 1. The average molecular weight is 229 g/mol. The van der Waals surface area contributed by atoms with Crippen LogP contribution in [-0.4, -0.2) is 33.1 Å². The van der Waals surface area contributed by atoms with Crippen LogP contribution in [0.2, 0.25) is 0 Å². The van der Waals surface area contributed by atoms with E-state index in [0.29, 0.717) is 6.17 Å². The minimum absolute atomic E-state index is 0.278. The van der Waals surface area contributed by atoms with Gasteiger partial charge in [0.15, 0.2) is 0 Å². The molecule has 1 fully saturated rings. The molecule has 3 rings (SSSR count). The first-order valence-electron chi connectivity index (χ1n) is 5.78. The highest BCUT2D eigenvalue weighted by atomic mass is 16.3. The largest absolute Gasteiger partial charge is 0.507 e. The van der Waals surface area contributed by atoms with E-state index in [1.165, 1.54) is 0 Å². The Morgan fingerprint density at radius 2 is 2.18 bits per heavy atom. The average Bonchev–Trinajstić information content (AvgIpc) is 2.76. The van der Waals surface area contributed by atoms with E-state index in [-0.39, 0.29) is 5.75 Å². The van der Waals surface area contributed by atoms with Crippen LogP contribution in [0, 0.1) is 0 Å². The van der Waals surface area contributed by atoms with Crippen LogP contribution in [-0.2, 0) is 0 Å². The number of imidazole rings is 1. The number of benzene rings is 1. The molecule has 0 saturated carbocycles. The first kappa shape index (κ1) is 10.4. The van der Waals surface area contributed by atoms with Crippen molar-refractivity contribution >= 4 is 0 Å². The number of rotatable bonds is 2. The summed E-state index contributed by atoms with van der Waals surface area (Å²) in [6.07, 6.45) is 5.41. The fraction of sp³-hybridized carbons (Fsp3) is 0.308. The Hall–Kier alpha value is -1.81. The molecular formula is C13H15N3O. The molecule has 88 valence electrons. The summed E-state index contributed by atoms with van der Waals surface area (Å²) in [5.41, 5.74) is 1.61. The molecule has 2 heterocycles. The monoisotopic (exact) mass is 229 g/mol. The van der Waals surface area contributed by atoms with Gasteiger partial charge in [0, 0.05) is 18.3 Å². The van der Waals surface area contributed by atoms with Crippen molar-refractivity contribution in [1.82, 2.24) is 14.5 Å². The highest BCUT2D eigenvalue weighted by molar-refractivity contribution is 5.65. The summed E-state index contributed by atoms with van der Waals surface area (Å²) < 4.78 is 2.10. The minimum Gasteiger partial charge on any atom is -0.507 e. The van der Waals surface area contributed by atoms with Gasteiger partial charge < -0.3 is 9.67 Å². The number of para-hydroxylation sites is 1. The zero-order valence-electron chi connectivity index (χ0n) is 9.74. The summed E-state index contributed by atoms with van der Waals surface area (Å²) in [4.78, 5) is 6.64. The molecule has 0 spiro atoms. The second kappa shape index (κ2) is 3.89. The van der Waals surface area contributed by atoms with E-state index in [9.17, 15) is 5.11 Å². The van der Waals surface area contributed by atoms with Crippen molar-refractivity contribution in [3.8, 4) is 17.0 Å². The molecule has 1 atom stereocenters. The van der Waals surface area contributed by atoms with Gasteiger partial charge in [-0.05, 0) is 25.6 Å². The van der Waals surface area contributed by atoms with Crippen LogP contribution < -0.4 is 0 Å². The van der Waals surface area contributed by atoms with Crippen molar-refractivity contribution in [2.45, 2.75) is 12.6 Å². The van der Waals surface area contributed by atoms with Crippen molar-refractivity contribution < 1.29 is 5.11 Å². The van der Waals surface area contributed by atoms with E-state index in [4.69, 9.17) is 0 Å². The van der Waals surface area contributed by atoms with Gasteiger partial charge in [-0.3, -0.25) is 4.90 Å². The molecule has 1 unspecified atom stereocenters. The molecule has 4 heteroatoms. The summed E-state index contributed by atoms with van der Waals surface area (Å²) in [5.74, 6) is 0.278. The summed E-state index contributed by atoms with van der Waals surface area (Å²) in [6.45, 7) is 1.13. The Kier molecular flexibility index (Phi) is 2.37. The molecule has 1 aromatic carbocycles. The lowest BCUT2D eigenvalue weighted by Crippen LogP contribution is -2.40. The predicted octanol–water partition coefficient (Wildman–Crippen LogP) is 2.09. The van der Waals surface area contributed by atoms with Gasteiger partial charge in [-0.15, -0.1) is 0 Å². The van der Waals surface area contributed by atoms with E-state index in [0.717, 1.165) is 24.2 Å². The number of phenols is 1. The normalized spacial score (nSPS) is 20.2. The Balaban J connectivity index is 1.93. The van der Waals surface area contributed by atoms with Crippen LogP contribution in [0.25, 0.3) is 11.3 Å². The van der Waals surface area contributed by atoms with Crippen molar-refractivity contribution in [1.29, 1.82) is 0 Å². The number of aromatic hydroxyl groups is 1. The highest BCUT2D eigenvalue weighted by Crippen LogP contribution is 2.30. The SMILES string of the molecule is CN1CCC1n1cnc(-c2ccccc2O)c1. The maximum absolute atomic E-state index is 9.78. The molecule has 0 bridgehead atoms. The van der Waals surface area contributed by atoms with Gasteiger partial charge in [0.2, 0.25) is 0 Å². The summed E-state index contributed by atoms with van der Waals surface area (Å²) >= 11 is 0. The first-order chi connectivity index (χ1) is 8.25. The summed E-state index contributed by atoms with van der Waals surface area (Å²) in [7, 11) is 2.10. The third-order valence-corrected chi connectivity index (χ3v) is 3.37. The Labute approximate surface area is 100 Å². The van der Waals surface area contributed by atoms with Gasteiger partial charge in [-0.25, -0.2) is 4.98 Å². The number of hydrogen-bond donors (Lipinski definition) is 1. The number of hydrogen-bond acceptors (Lipinski definition) is 3. The highest BCUT2D eigenvalue weighted by Gasteiger charge is 2.25. The molecule has 17 heavy (non-hydrogen) atoms. The fourth-order valence-electron chi connectivity index (χ4n) is 2.21. The van der Waals surface area contributed by atoms with Crippen LogP contribution in [0.15, 0.2) is 36.8 Å². The van der Waals surface area contributed by atoms with Crippen molar-refractivity contribution in [2.75, 3.05) is 13.6 Å². The lowest BCUT2D eigenvalue weighted by Gasteiger charge is -2.38. The summed E-state index contributed by atoms with van der Waals surface area (Å²) in [6, 6.07) is 7.29. The van der Waals surface area contributed by atoms with E-state index in [2.05, 4.69) is 21.5 Å². The van der Waals surface area contributed by atoms with E-state index in [1.54, 1.807) is 6.07 Å². The molecule has 0 radical (unpaired) electrons. The maximum atomic E-state index is 9.78. The molecule has 0 aliphatic carbocycles. The van der Waals surface area contributed by atoms with E-state index in [1.807, 2.05) is 30.7 Å². The van der Waals surface area contributed by atoms with Gasteiger partial charge >= 0.3 is 0 Å². The number of phenolic OH excluding ortho intramolecular Hbond substituents is 1. The van der Waals surface area contributed by atoms with E-state index < -0.39 is 0 Å². The number of aromatic nitrogens is 2. The van der Waals surface area contributed by atoms with Crippen LogP contribution in [0.1, 0.15) is 12.6 Å². The quantitative estimate of drug-likeness (QED) is 0.857. The van der Waals surface area contributed by atoms with Gasteiger partial charge in [0.1, 0.15) is 5.75 Å². The van der Waals surface area contributed by atoms with Gasteiger partial charge in [0.05, 0.1) is 18.2 Å². The molecule has 0 amide bonds. The zero-order valence-corrected chi connectivity index (χ0v) is 9.74. The molecule has 1 aliphatic heterocycles. The zero-order chi connectivity index (χ0) is 11.8. The van der Waals surface area contributed by atoms with E-state index >= 15 is 0 Å². The van der Waals surface area contributed by atoms with Gasteiger partial charge in [-0.1, -0.05) is 12.1 Å². The molecule has 1 aliphatic rings. The van der Waals surface area contributed by atoms with Crippen LogP contribution in [0.5, 0.6) is 5.75 Å². The maximum Gasteiger partial charge on any atom is 0.125 e. The summed E-state index contributed by atoms with van der Waals surface area (Å²) in [5, 5.41) is 9.78. The van der Waals surface area contributed by atoms with Gasteiger partial charge in [0.25, 0.3) is 0 Å². The molecule has 4 nitrogen and oxygen atoms in total. The van der Waals surface area contributed by atoms with Crippen LogP contribution >= 0.6 is 0 Å². The molecule has 1 aromatic heterocycles. The van der Waals surface area contributed by atoms with Crippen molar-refractivity contribution in [3.63, 3.8) is 0 Å². The third-order valence-electron chi connectivity index (χ3n) is 3.37. The first-order valence-corrected chi connectivity index (χ1v) is 5.78. The molecule has 2 aromatic rings. The molecular weight excluding hydrogens is 214 g/mol. The fourth-order valence-corrected chi connectivity index (χ4v) is 2.21. The predicted molar refractivity (Wildman–Crippen MR) is 65.6 cm³/mol. The van der Waals surface area contributed by atoms with Crippen molar-refractivity contribution in [3.05, 3.63) is 36.8 Å². The van der Waals surface area contributed by atoms with Crippen molar-refractivity contribution in [2.24, 2.45) is 0 Å². The molecule has 1 N–H and O–H groups in total. The standard InChI is InChI=1S/C13H15N3O/c1-15-7-6-13(15)16-8-11(14-9-16)10-4-2-3-5-12(10)17/h2-5,8-9,13,17H,6-7H2,1H3. The molecule has 1 saturated heterocycles. The smallest absolute Gasteiger partial charge is 0.125 e.